The second kappa shape index (κ2) is 10.4. The van der Waals surface area contributed by atoms with Gasteiger partial charge < -0.3 is 4.90 Å². The highest BCUT2D eigenvalue weighted by Gasteiger charge is 1.95. The van der Waals surface area contributed by atoms with Crippen LogP contribution in [0.1, 0.15) is 33.6 Å². The van der Waals surface area contributed by atoms with Gasteiger partial charge in [-0.15, -0.1) is 0 Å². The van der Waals surface area contributed by atoms with Crippen LogP contribution < -0.4 is 0 Å². The molecule has 0 aromatic heterocycles. The topological polar surface area (TPSA) is 28.0 Å². The lowest BCUT2D eigenvalue weighted by molar-refractivity contribution is 0.313. The Bertz CT molecular complexity index is 167. The number of likely N-dealkylation sites (N-methyl/N-ethyl adjacent to an activating group) is 1. The molecule has 0 heterocycles. The Morgan fingerprint density at radius 3 is 2.21 bits per heavy atom. The standard InChI is InChI=1S/C11H23N3/c1-4-7-8-12-11-13-9-10-14(5-2)6-3/h4-10H2,1-3H3. The van der Waals surface area contributed by atoms with Gasteiger partial charge in [0.15, 0.2) is 0 Å². The van der Waals surface area contributed by atoms with E-state index in [-0.39, 0.29) is 0 Å². The van der Waals surface area contributed by atoms with E-state index < -0.39 is 0 Å². The molecule has 0 aromatic carbocycles. The minimum absolute atomic E-state index is 0.817. The number of hydrogen-bond acceptors (Lipinski definition) is 3. The summed E-state index contributed by atoms with van der Waals surface area (Å²) in [4.78, 5) is 10.5. The molecule has 0 radical (unpaired) electrons. The number of hydrogen-bond donors (Lipinski definition) is 0. The van der Waals surface area contributed by atoms with Crippen molar-refractivity contribution in [2.45, 2.75) is 33.6 Å². The van der Waals surface area contributed by atoms with Crippen molar-refractivity contribution in [1.82, 2.24) is 4.90 Å². The Hall–Kier alpha value is -0.660. The second-order valence-corrected chi connectivity index (χ2v) is 3.24. The molecular formula is C11H23N3. The highest BCUT2D eigenvalue weighted by molar-refractivity contribution is 5.40. The zero-order valence-corrected chi connectivity index (χ0v) is 9.79. The van der Waals surface area contributed by atoms with Gasteiger partial charge >= 0.3 is 0 Å². The fourth-order valence-corrected chi connectivity index (χ4v) is 1.12. The summed E-state index contributed by atoms with van der Waals surface area (Å²) in [7, 11) is 0. The summed E-state index contributed by atoms with van der Waals surface area (Å²) in [5.74, 6) is 0. The first-order valence-electron chi connectivity index (χ1n) is 5.65. The minimum Gasteiger partial charge on any atom is -0.302 e. The van der Waals surface area contributed by atoms with Crippen LogP contribution in [0.25, 0.3) is 0 Å². The fourth-order valence-electron chi connectivity index (χ4n) is 1.12. The summed E-state index contributed by atoms with van der Waals surface area (Å²) in [5.41, 5.74) is 0. The molecule has 0 aromatic rings. The quantitative estimate of drug-likeness (QED) is 0.433. The van der Waals surface area contributed by atoms with E-state index in [1.165, 1.54) is 6.42 Å². The van der Waals surface area contributed by atoms with Crippen molar-refractivity contribution in [2.24, 2.45) is 9.98 Å². The summed E-state index contributed by atoms with van der Waals surface area (Å²) in [6.45, 7) is 11.4. The Labute approximate surface area is 87.9 Å². The maximum absolute atomic E-state index is 4.12. The third kappa shape index (κ3) is 7.96. The molecule has 0 fully saturated rings. The zero-order valence-electron chi connectivity index (χ0n) is 9.79. The molecule has 3 nitrogen and oxygen atoms in total. The number of nitrogens with zero attached hydrogens (tertiary/aromatic N) is 3. The predicted octanol–water partition coefficient (Wildman–Crippen LogP) is 2.30. The zero-order chi connectivity index (χ0) is 10.6. The lowest BCUT2D eigenvalue weighted by Gasteiger charge is -2.15. The van der Waals surface area contributed by atoms with Crippen LogP contribution in [0.3, 0.4) is 0 Å². The average Bonchev–Trinajstić information content (AvgIpc) is 2.22. The number of aliphatic imine (C=N–C) groups is 2. The summed E-state index contributed by atoms with van der Waals surface area (Å²) < 4.78 is 0. The van der Waals surface area contributed by atoms with E-state index in [0.717, 1.165) is 39.1 Å². The molecule has 0 rings (SSSR count). The Balaban J connectivity index is 3.46. The van der Waals surface area contributed by atoms with Crippen molar-refractivity contribution < 1.29 is 0 Å². The maximum atomic E-state index is 4.12. The van der Waals surface area contributed by atoms with Crippen LogP contribution >= 0.6 is 0 Å². The molecule has 0 atom stereocenters. The lowest BCUT2D eigenvalue weighted by Crippen LogP contribution is -2.25. The van der Waals surface area contributed by atoms with E-state index in [1.807, 2.05) is 0 Å². The van der Waals surface area contributed by atoms with Gasteiger partial charge in [-0.2, -0.15) is 0 Å². The van der Waals surface area contributed by atoms with Crippen molar-refractivity contribution in [3.05, 3.63) is 0 Å². The van der Waals surface area contributed by atoms with E-state index in [4.69, 9.17) is 0 Å². The van der Waals surface area contributed by atoms with E-state index in [1.54, 1.807) is 0 Å². The molecule has 0 spiro atoms. The summed E-state index contributed by atoms with van der Waals surface area (Å²) in [6, 6.07) is 2.75. The van der Waals surface area contributed by atoms with Gasteiger partial charge in [0.05, 0.1) is 12.6 Å². The maximum Gasteiger partial charge on any atom is 0.0893 e. The van der Waals surface area contributed by atoms with Crippen molar-refractivity contribution in [3.8, 4) is 0 Å². The largest absolute Gasteiger partial charge is 0.302 e. The smallest absolute Gasteiger partial charge is 0.0893 e. The van der Waals surface area contributed by atoms with Crippen LogP contribution in [0.4, 0.5) is 0 Å². The van der Waals surface area contributed by atoms with E-state index in [2.05, 4.69) is 41.7 Å². The third-order valence-electron chi connectivity index (χ3n) is 2.19. The summed E-state index contributed by atoms with van der Waals surface area (Å²) in [5, 5.41) is 0. The first-order chi connectivity index (χ1) is 6.85. The monoisotopic (exact) mass is 197 g/mol. The molecular weight excluding hydrogens is 174 g/mol. The average molecular weight is 197 g/mol. The molecule has 0 bridgehead atoms. The molecule has 0 aliphatic carbocycles. The van der Waals surface area contributed by atoms with Crippen LogP contribution in [-0.4, -0.2) is 43.6 Å². The highest BCUT2D eigenvalue weighted by atomic mass is 15.1. The summed E-state index contributed by atoms with van der Waals surface area (Å²) >= 11 is 0. The van der Waals surface area contributed by atoms with E-state index in [0.29, 0.717) is 0 Å². The van der Waals surface area contributed by atoms with Gasteiger partial charge in [-0.25, -0.2) is 9.98 Å². The Morgan fingerprint density at radius 1 is 1.00 bits per heavy atom. The highest BCUT2D eigenvalue weighted by Crippen LogP contribution is 1.86. The van der Waals surface area contributed by atoms with Gasteiger partial charge in [0.2, 0.25) is 0 Å². The van der Waals surface area contributed by atoms with Gasteiger partial charge in [0.1, 0.15) is 0 Å². The van der Waals surface area contributed by atoms with Crippen LogP contribution in [0.5, 0.6) is 0 Å². The molecule has 14 heavy (non-hydrogen) atoms. The van der Waals surface area contributed by atoms with Gasteiger partial charge in [-0.3, -0.25) is 0 Å². The van der Waals surface area contributed by atoms with Crippen LogP contribution in [0.15, 0.2) is 9.98 Å². The predicted molar refractivity (Wildman–Crippen MR) is 62.3 cm³/mol. The van der Waals surface area contributed by atoms with E-state index in [9.17, 15) is 0 Å². The van der Waals surface area contributed by atoms with Crippen molar-refractivity contribution in [3.63, 3.8) is 0 Å². The Kier molecular flexibility index (Phi) is 9.93. The number of rotatable bonds is 8. The molecule has 0 unspecified atom stereocenters. The van der Waals surface area contributed by atoms with Gasteiger partial charge in [0, 0.05) is 13.1 Å². The Morgan fingerprint density at radius 2 is 1.64 bits per heavy atom. The molecule has 0 saturated carbocycles. The molecule has 82 valence electrons. The van der Waals surface area contributed by atoms with Crippen LogP contribution in [0.2, 0.25) is 0 Å². The van der Waals surface area contributed by atoms with Crippen molar-refractivity contribution in [1.29, 1.82) is 0 Å². The van der Waals surface area contributed by atoms with Crippen molar-refractivity contribution in [2.75, 3.05) is 32.7 Å². The van der Waals surface area contributed by atoms with Crippen LogP contribution in [-0.2, 0) is 0 Å². The number of unbranched alkanes of at least 4 members (excludes halogenated alkanes) is 1. The fraction of sp³-hybridized carbons (Fsp3) is 0.909. The first-order valence-corrected chi connectivity index (χ1v) is 5.65. The first kappa shape index (κ1) is 13.3. The molecule has 0 aliphatic rings. The van der Waals surface area contributed by atoms with Crippen LogP contribution in [0, 0.1) is 0 Å². The second-order valence-electron chi connectivity index (χ2n) is 3.24. The normalized spacial score (nSPS) is 10.0. The molecule has 0 amide bonds. The SMILES string of the molecule is CCCCN=C=NCCN(CC)CC. The van der Waals surface area contributed by atoms with Gasteiger partial charge in [-0.05, 0) is 19.5 Å². The molecule has 0 saturated heterocycles. The third-order valence-corrected chi connectivity index (χ3v) is 2.19. The molecule has 0 N–H and O–H groups in total. The lowest BCUT2D eigenvalue weighted by atomic mass is 10.3. The van der Waals surface area contributed by atoms with Crippen molar-refractivity contribution >= 4 is 6.01 Å². The van der Waals surface area contributed by atoms with Gasteiger partial charge in [0.25, 0.3) is 0 Å². The molecule has 0 aliphatic heterocycles. The molecule has 3 heteroatoms. The van der Waals surface area contributed by atoms with Gasteiger partial charge in [-0.1, -0.05) is 27.2 Å². The van der Waals surface area contributed by atoms with E-state index >= 15 is 0 Å². The minimum atomic E-state index is 0.817. The summed E-state index contributed by atoms with van der Waals surface area (Å²) in [6.07, 6.45) is 2.32.